The number of hydrogen-bond acceptors (Lipinski definition) is 3. The van der Waals surface area contributed by atoms with Gasteiger partial charge in [0.1, 0.15) is 5.15 Å². The van der Waals surface area contributed by atoms with Crippen molar-refractivity contribution in [1.29, 1.82) is 0 Å². The van der Waals surface area contributed by atoms with E-state index in [0.717, 1.165) is 38.4 Å². The standard InChI is InChI=1S/C13H15ClN2O/c1-9-6-10-11(7-9)15-13(14)8-12(10)16-2-4-17-5-3-16/h7-8H,2-6H2,1H3. The highest BCUT2D eigenvalue weighted by Crippen LogP contribution is 2.34. The summed E-state index contributed by atoms with van der Waals surface area (Å²) in [5, 5.41) is 0.580. The van der Waals surface area contributed by atoms with E-state index in [1.807, 2.05) is 6.07 Å². The van der Waals surface area contributed by atoms with Crippen molar-refractivity contribution in [1.82, 2.24) is 4.98 Å². The Morgan fingerprint density at radius 1 is 1.35 bits per heavy atom. The predicted molar refractivity (Wildman–Crippen MR) is 69.6 cm³/mol. The van der Waals surface area contributed by atoms with E-state index in [2.05, 4.69) is 22.9 Å². The van der Waals surface area contributed by atoms with Crippen LogP contribution in [0.4, 0.5) is 5.69 Å². The molecule has 0 aromatic carbocycles. The molecule has 1 fully saturated rings. The summed E-state index contributed by atoms with van der Waals surface area (Å²) in [6.45, 7) is 5.60. The minimum Gasteiger partial charge on any atom is -0.378 e. The third-order valence-electron chi connectivity index (χ3n) is 3.29. The number of morpholine rings is 1. The maximum Gasteiger partial charge on any atom is 0.131 e. The molecule has 2 aliphatic rings. The average Bonchev–Trinajstić information content (AvgIpc) is 2.69. The van der Waals surface area contributed by atoms with E-state index in [1.54, 1.807) is 0 Å². The second kappa shape index (κ2) is 4.31. The molecule has 1 saturated heterocycles. The Kier molecular flexibility index (Phi) is 2.81. The molecule has 0 amide bonds. The van der Waals surface area contributed by atoms with Crippen LogP contribution in [0.25, 0.3) is 6.08 Å². The van der Waals surface area contributed by atoms with Gasteiger partial charge in [-0.2, -0.15) is 0 Å². The lowest BCUT2D eigenvalue weighted by atomic mass is 10.1. The zero-order valence-corrected chi connectivity index (χ0v) is 10.6. The molecule has 90 valence electrons. The van der Waals surface area contributed by atoms with Gasteiger partial charge < -0.3 is 9.64 Å². The first-order valence-corrected chi connectivity index (χ1v) is 6.31. The van der Waals surface area contributed by atoms with Gasteiger partial charge in [-0.1, -0.05) is 17.2 Å². The summed E-state index contributed by atoms with van der Waals surface area (Å²) in [6, 6.07) is 1.98. The number of ether oxygens (including phenoxy) is 1. The van der Waals surface area contributed by atoms with E-state index in [1.165, 1.54) is 16.8 Å². The Balaban J connectivity index is 2.01. The van der Waals surface area contributed by atoms with Crippen LogP contribution in [0.3, 0.4) is 0 Å². The van der Waals surface area contributed by atoms with Crippen molar-refractivity contribution in [2.75, 3.05) is 31.2 Å². The smallest absolute Gasteiger partial charge is 0.131 e. The molecule has 0 radical (unpaired) electrons. The predicted octanol–water partition coefficient (Wildman–Crippen LogP) is 2.53. The lowest BCUT2D eigenvalue weighted by molar-refractivity contribution is 0.122. The van der Waals surface area contributed by atoms with E-state index in [4.69, 9.17) is 16.3 Å². The first-order valence-electron chi connectivity index (χ1n) is 5.93. The van der Waals surface area contributed by atoms with Crippen LogP contribution in [0.2, 0.25) is 5.15 Å². The molecule has 0 bridgehead atoms. The molecule has 4 heteroatoms. The van der Waals surface area contributed by atoms with E-state index in [9.17, 15) is 0 Å². The monoisotopic (exact) mass is 250 g/mol. The molecule has 1 aromatic rings. The number of pyridine rings is 1. The van der Waals surface area contributed by atoms with Crippen molar-refractivity contribution < 1.29 is 4.74 Å². The lowest BCUT2D eigenvalue weighted by Crippen LogP contribution is -2.36. The quantitative estimate of drug-likeness (QED) is 0.717. The molecule has 0 unspecified atom stereocenters. The Morgan fingerprint density at radius 3 is 2.88 bits per heavy atom. The van der Waals surface area contributed by atoms with Crippen LogP contribution >= 0.6 is 11.6 Å². The van der Waals surface area contributed by atoms with Crippen molar-refractivity contribution in [2.45, 2.75) is 13.3 Å². The van der Waals surface area contributed by atoms with Crippen LogP contribution in [0, 0.1) is 0 Å². The minimum absolute atomic E-state index is 0.580. The summed E-state index contributed by atoms with van der Waals surface area (Å²) < 4.78 is 5.39. The Hall–Kier alpha value is -1.06. The molecule has 17 heavy (non-hydrogen) atoms. The Labute approximate surface area is 106 Å². The normalized spacial score (nSPS) is 19.2. The molecule has 3 rings (SSSR count). The third kappa shape index (κ3) is 2.05. The molecule has 0 N–H and O–H groups in total. The number of hydrogen-bond donors (Lipinski definition) is 0. The number of anilines is 1. The summed E-state index contributed by atoms with van der Waals surface area (Å²) >= 11 is 6.10. The van der Waals surface area contributed by atoms with Crippen LogP contribution in [0.1, 0.15) is 18.2 Å². The zero-order valence-electron chi connectivity index (χ0n) is 9.87. The van der Waals surface area contributed by atoms with E-state index < -0.39 is 0 Å². The fourth-order valence-corrected chi connectivity index (χ4v) is 2.69. The fraction of sp³-hybridized carbons (Fsp3) is 0.462. The maximum atomic E-state index is 6.10. The number of halogens is 1. The summed E-state index contributed by atoms with van der Waals surface area (Å²) in [5.74, 6) is 0. The number of allylic oxidation sites excluding steroid dienone is 1. The zero-order chi connectivity index (χ0) is 11.8. The molecular formula is C13H15ClN2O. The molecular weight excluding hydrogens is 236 g/mol. The van der Waals surface area contributed by atoms with Gasteiger partial charge in [0.15, 0.2) is 0 Å². The SMILES string of the molecule is CC1=Cc2nc(Cl)cc(N3CCOCC3)c2C1. The highest BCUT2D eigenvalue weighted by atomic mass is 35.5. The van der Waals surface area contributed by atoms with Crippen LogP contribution in [-0.2, 0) is 11.2 Å². The summed E-state index contributed by atoms with van der Waals surface area (Å²) in [4.78, 5) is 6.74. The second-order valence-electron chi connectivity index (χ2n) is 4.59. The van der Waals surface area contributed by atoms with E-state index >= 15 is 0 Å². The third-order valence-corrected chi connectivity index (χ3v) is 3.49. The number of nitrogens with zero attached hydrogens (tertiary/aromatic N) is 2. The molecule has 1 aliphatic heterocycles. The number of fused-ring (bicyclic) bond motifs is 1. The van der Waals surface area contributed by atoms with Crippen molar-refractivity contribution in [3.63, 3.8) is 0 Å². The van der Waals surface area contributed by atoms with Gasteiger partial charge in [-0.3, -0.25) is 0 Å². The molecule has 2 heterocycles. The van der Waals surface area contributed by atoms with Gasteiger partial charge >= 0.3 is 0 Å². The van der Waals surface area contributed by atoms with Gasteiger partial charge in [0, 0.05) is 24.3 Å². The van der Waals surface area contributed by atoms with Gasteiger partial charge in [-0.15, -0.1) is 0 Å². The first-order chi connectivity index (χ1) is 8.24. The van der Waals surface area contributed by atoms with Gasteiger partial charge in [0.25, 0.3) is 0 Å². The van der Waals surface area contributed by atoms with Gasteiger partial charge in [-0.05, 0) is 25.5 Å². The number of rotatable bonds is 1. The largest absolute Gasteiger partial charge is 0.378 e. The topological polar surface area (TPSA) is 25.4 Å². The highest BCUT2D eigenvalue weighted by molar-refractivity contribution is 6.29. The lowest BCUT2D eigenvalue weighted by Gasteiger charge is -2.30. The van der Waals surface area contributed by atoms with Gasteiger partial charge in [0.05, 0.1) is 18.9 Å². The van der Waals surface area contributed by atoms with Crippen molar-refractivity contribution in [3.05, 3.63) is 28.0 Å². The van der Waals surface area contributed by atoms with Crippen LogP contribution in [0.15, 0.2) is 11.6 Å². The molecule has 3 nitrogen and oxygen atoms in total. The average molecular weight is 251 g/mol. The summed E-state index contributed by atoms with van der Waals surface area (Å²) in [7, 11) is 0. The van der Waals surface area contributed by atoms with Crippen molar-refractivity contribution >= 4 is 23.4 Å². The maximum absolute atomic E-state index is 6.10. The summed E-state index contributed by atoms with van der Waals surface area (Å²) in [6.07, 6.45) is 3.12. The van der Waals surface area contributed by atoms with Crippen LogP contribution in [0.5, 0.6) is 0 Å². The van der Waals surface area contributed by atoms with Crippen LogP contribution < -0.4 is 4.90 Å². The number of aromatic nitrogens is 1. The van der Waals surface area contributed by atoms with Gasteiger partial charge in [-0.25, -0.2) is 4.98 Å². The highest BCUT2D eigenvalue weighted by Gasteiger charge is 2.21. The fourth-order valence-electron chi connectivity index (χ4n) is 2.50. The van der Waals surface area contributed by atoms with Gasteiger partial charge in [0.2, 0.25) is 0 Å². The summed E-state index contributed by atoms with van der Waals surface area (Å²) in [5.41, 5.74) is 4.94. The molecule has 1 aromatic heterocycles. The Morgan fingerprint density at radius 2 is 2.12 bits per heavy atom. The molecule has 1 aliphatic carbocycles. The minimum atomic E-state index is 0.580. The van der Waals surface area contributed by atoms with Crippen molar-refractivity contribution in [2.24, 2.45) is 0 Å². The molecule has 0 spiro atoms. The van der Waals surface area contributed by atoms with Crippen LogP contribution in [-0.4, -0.2) is 31.3 Å². The molecule has 0 saturated carbocycles. The van der Waals surface area contributed by atoms with E-state index in [-0.39, 0.29) is 0 Å². The molecule has 0 atom stereocenters. The first kappa shape index (κ1) is 11.1. The second-order valence-corrected chi connectivity index (χ2v) is 4.98. The van der Waals surface area contributed by atoms with Crippen molar-refractivity contribution in [3.8, 4) is 0 Å². The Bertz CT molecular complexity index is 479. The van der Waals surface area contributed by atoms with E-state index in [0.29, 0.717) is 5.15 Å².